The van der Waals surface area contributed by atoms with E-state index in [0.717, 1.165) is 24.2 Å². The zero-order valence-electron chi connectivity index (χ0n) is 13.1. The van der Waals surface area contributed by atoms with E-state index in [2.05, 4.69) is 26.1 Å². The van der Waals surface area contributed by atoms with Crippen LogP contribution in [0.15, 0.2) is 18.2 Å². The Bertz CT molecular complexity index is 829. The molecule has 124 valence electrons. The van der Waals surface area contributed by atoms with Gasteiger partial charge in [0.15, 0.2) is 11.8 Å². The summed E-state index contributed by atoms with van der Waals surface area (Å²) in [6.45, 7) is 3.18. The van der Waals surface area contributed by atoms with Crippen LogP contribution >= 0.6 is 0 Å². The Morgan fingerprint density at radius 2 is 2.29 bits per heavy atom. The summed E-state index contributed by atoms with van der Waals surface area (Å²) >= 11 is 0. The number of carbonyl (C=O) groups is 2. The Labute approximate surface area is 138 Å². The van der Waals surface area contributed by atoms with Gasteiger partial charge in [0.05, 0.1) is 5.69 Å². The lowest BCUT2D eigenvalue weighted by molar-refractivity contribution is -0.122. The fourth-order valence-electron chi connectivity index (χ4n) is 2.89. The van der Waals surface area contributed by atoms with Crippen LogP contribution in [0.5, 0.6) is 5.75 Å². The number of anilines is 2. The van der Waals surface area contributed by atoms with Gasteiger partial charge < -0.3 is 20.7 Å². The summed E-state index contributed by atoms with van der Waals surface area (Å²) in [7, 11) is 0. The lowest BCUT2D eigenvalue weighted by Crippen LogP contribution is -2.34. The summed E-state index contributed by atoms with van der Waals surface area (Å²) < 4.78 is 5.50. The topological polar surface area (TPSA) is 108 Å². The van der Waals surface area contributed by atoms with Gasteiger partial charge in [0.2, 0.25) is 0 Å². The molecule has 4 rings (SSSR count). The van der Waals surface area contributed by atoms with Crippen molar-refractivity contribution in [3.63, 3.8) is 0 Å². The van der Waals surface area contributed by atoms with Crippen molar-refractivity contribution in [1.82, 2.24) is 15.5 Å². The van der Waals surface area contributed by atoms with Gasteiger partial charge in [-0.1, -0.05) is 0 Å². The molecule has 2 amide bonds. The number of nitrogens with zero attached hydrogens (tertiary/aromatic N) is 1. The monoisotopic (exact) mass is 327 g/mol. The third-order valence-corrected chi connectivity index (χ3v) is 4.19. The van der Waals surface area contributed by atoms with Crippen molar-refractivity contribution in [3.8, 4) is 5.75 Å². The predicted molar refractivity (Wildman–Crippen MR) is 87.1 cm³/mol. The number of fused-ring (bicyclic) bond motifs is 2. The molecule has 0 aliphatic carbocycles. The summed E-state index contributed by atoms with van der Waals surface area (Å²) in [6.07, 6.45) is 0.303. The van der Waals surface area contributed by atoms with Gasteiger partial charge in [0.25, 0.3) is 11.8 Å². The normalized spacial score (nSPS) is 18.9. The molecular weight excluding hydrogens is 310 g/mol. The fourth-order valence-corrected chi connectivity index (χ4v) is 2.89. The Hall–Kier alpha value is -2.87. The molecule has 1 aromatic carbocycles. The van der Waals surface area contributed by atoms with E-state index in [1.807, 2.05) is 0 Å². The fraction of sp³-hybridized carbons (Fsp3) is 0.312. The summed E-state index contributed by atoms with van der Waals surface area (Å²) in [5, 5.41) is 15.9. The molecule has 8 heteroatoms. The van der Waals surface area contributed by atoms with E-state index in [4.69, 9.17) is 4.74 Å². The van der Waals surface area contributed by atoms with Crippen LogP contribution < -0.4 is 20.7 Å². The SMILES string of the molecule is CC1Oc2ccc(NC(=O)c3n[nH]c4c3CNCC4)cc2NC1=O. The van der Waals surface area contributed by atoms with Crippen LogP contribution in [0.2, 0.25) is 0 Å². The standard InChI is InChI=1S/C16H17N5O3/c1-8-15(22)19-12-6-9(2-3-13(12)24-8)18-16(23)14-10-7-17-5-4-11(10)20-21-14/h2-3,6,8,17H,4-5,7H2,1H3,(H,18,23)(H,19,22)(H,20,21). The zero-order chi connectivity index (χ0) is 16.7. The summed E-state index contributed by atoms with van der Waals surface area (Å²) in [5.41, 5.74) is 3.41. The molecule has 0 spiro atoms. The van der Waals surface area contributed by atoms with Crippen LogP contribution in [0.4, 0.5) is 11.4 Å². The second kappa shape index (κ2) is 5.64. The van der Waals surface area contributed by atoms with Gasteiger partial charge in [-0.15, -0.1) is 0 Å². The van der Waals surface area contributed by atoms with Crippen molar-refractivity contribution in [2.75, 3.05) is 17.2 Å². The van der Waals surface area contributed by atoms with Gasteiger partial charge in [-0.05, 0) is 25.1 Å². The van der Waals surface area contributed by atoms with Gasteiger partial charge in [-0.3, -0.25) is 14.7 Å². The highest BCUT2D eigenvalue weighted by atomic mass is 16.5. The lowest BCUT2D eigenvalue weighted by atomic mass is 10.1. The molecule has 0 saturated heterocycles. The van der Waals surface area contributed by atoms with Crippen LogP contribution in [0, 0.1) is 0 Å². The van der Waals surface area contributed by atoms with E-state index < -0.39 is 6.10 Å². The number of amides is 2. The number of rotatable bonds is 2. The average molecular weight is 327 g/mol. The van der Waals surface area contributed by atoms with E-state index in [1.165, 1.54) is 0 Å². The molecule has 2 aromatic rings. The van der Waals surface area contributed by atoms with E-state index in [0.29, 0.717) is 29.4 Å². The number of carbonyl (C=O) groups excluding carboxylic acids is 2. The van der Waals surface area contributed by atoms with Gasteiger partial charge in [0, 0.05) is 36.5 Å². The van der Waals surface area contributed by atoms with Crippen LogP contribution in [0.1, 0.15) is 28.7 Å². The summed E-state index contributed by atoms with van der Waals surface area (Å²) in [5.74, 6) is 0.0902. The number of nitrogens with one attached hydrogen (secondary N) is 4. The van der Waals surface area contributed by atoms with Crippen molar-refractivity contribution < 1.29 is 14.3 Å². The van der Waals surface area contributed by atoms with Gasteiger partial charge >= 0.3 is 0 Å². The van der Waals surface area contributed by atoms with Crippen LogP contribution in [0.3, 0.4) is 0 Å². The molecule has 1 unspecified atom stereocenters. The molecule has 1 atom stereocenters. The van der Waals surface area contributed by atoms with Crippen molar-refractivity contribution in [1.29, 1.82) is 0 Å². The minimum absolute atomic E-state index is 0.210. The number of ether oxygens (including phenoxy) is 1. The van der Waals surface area contributed by atoms with Crippen molar-refractivity contribution in [2.24, 2.45) is 0 Å². The minimum atomic E-state index is -0.527. The molecule has 2 aliphatic rings. The van der Waals surface area contributed by atoms with Crippen LogP contribution in [-0.2, 0) is 17.8 Å². The van der Waals surface area contributed by atoms with Gasteiger partial charge in [-0.2, -0.15) is 5.10 Å². The Morgan fingerprint density at radius 3 is 3.17 bits per heavy atom. The van der Waals surface area contributed by atoms with Crippen LogP contribution in [-0.4, -0.2) is 34.7 Å². The maximum atomic E-state index is 12.5. The molecular formula is C16H17N5O3. The van der Waals surface area contributed by atoms with Gasteiger partial charge in [0.1, 0.15) is 5.75 Å². The lowest BCUT2D eigenvalue weighted by Gasteiger charge is -2.23. The number of H-pyrrole nitrogens is 1. The second-order valence-corrected chi connectivity index (χ2v) is 5.87. The van der Waals surface area contributed by atoms with E-state index in [1.54, 1.807) is 25.1 Å². The molecule has 4 N–H and O–H groups in total. The van der Waals surface area contributed by atoms with E-state index in [9.17, 15) is 9.59 Å². The zero-order valence-corrected chi connectivity index (χ0v) is 13.1. The smallest absolute Gasteiger partial charge is 0.276 e. The summed E-state index contributed by atoms with van der Waals surface area (Å²) in [4.78, 5) is 24.2. The highest BCUT2D eigenvalue weighted by Gasteiger charge is 2.25. The molecule has 8 nitrogen and oxygen atoms in total. The molecule has 0 fully saturated rings. The Kier molecular flexibility index (Phi) is 3.46. The first-order chi connectivity index (χ1) is 11.6. The molecule has 24 heavy (non-hydrogen) atoms. The molecule has 0 saturated carbocycles. The highest BCUT2D eigenvalue weighted by molar-refractivity contribution is 6.05. The molecule has 0 bridgehead atoms. The molecule has 3 heterocycles. The largest absolute Gasteiger partial charge is 0.479 e. The predicted octanol–water partition coefficient (Wildman–Crippen LogP) is 1.03. The molecule has 2 aliphatic heterocycles. The number of aromatic nitrogens is 2. The van der Waals surface area contributed by atoms with Crippen molar-refractivity contribution >= 4 is 23.2 Å². The van der Waals surface area contributed by atoms with Crippen molar-refractivity contribution in [2.45, 2.75) is 26.0 Å². The first-order valence-electron chi connectivity index (χ1n) is 7.81. The maximum Gasteiger partial charge on any atom is 0.276 e. The van der Waals surface area contributed by atoms with Gasteiger partial charge in [-0.25, -0.2) is 0 Å². The third kappa shape index (κ3) is 2.50. The maximum absolute atomic E-state index is 12.5. The Morgan fingerprint density at radius 1 is 1.42 bits per heavy atom. The van der Waals surface area contributed by atoms with E-state index in [-0.39, 0.29) is 11.8 Å². The number of hydrogen-bond donors (Lipinski definition) is 4. The third-order valence-electron chi connectivity index (χ3n) is 4.19. The molecule has 1 aromatic heterocycles. The Balaban J connectivity index is 1.55. The first-order valence-corrected chi connectivity index (χ1v) is 7.81. The van der Waals surface area contributed by atoms with E-state index >= 15 is 0 Å². The minimum Gasteiger partial charge on any atom is -0.479 e. The number of benzene rings is 1. The highest BCUT2D eigenvalue weighted by Crippen LogP contribution is 2.32. The average Bonchev–Trinajstić information content (AvgIpc) is 3.00. The number of aromatic amines is 1. The first kappa shape index (κ1) is 14.7. The quantitative estimate of drug-likeness (QED) is 0.659. The summed E-state index contributed by atoms with van der Waals surface area (Å²) in [6, 6.07) is 5.13. The second-order valence-electron chi connectivity index (χ2n) is 5.87. The van der Waals surface area contributed by atoms with Crippen LogP contribution in [0.25, 0.3) is 0 Å². The van der Waals surface area contributed by atoms with Crippen molar-refractivity contribution in [3.05, 3.63) is 35.2 Å². The molecule has 0 radical (unpaired) electrons. The number of hydrogen-bond acceptors (Lipinski definition) is 5.